The number of alkyl halides is 1. The van der Waals surface area contributed by atoms with Crippen LogP contribution in [0.25, 0.3) is 0 Å². The van der Waals surface area contributed by atoms with Crippen molar-refractivity contribution in [2.45, 2.75) is 32.5 Å². The minimum atomic E-state index is -1.31. The van der Waals surface area contributed by atoms with Crippen molar-refractivity contribution in [1.82, 2.24) is 0 Å². The Labute approximate surface area is 65.7 Å². The van der Waals surface area contributed by atoms with Gasteiger partial charge in [0.15, 0.2) is 6.17 Å². The lowest BCUT2D eigenvalue weighted by Gasteiger charge is -2.27. The van der Waals surface area contributed by atoms with Crippen LogP contribution < -0.4 is 5.73 Å². The molecule has 0 aromatic heterocycles. The van der Waals surface area contributed by atoms with Crippen molar-refractivity contribution in [3.05, 3.63) is 0 Å². The van der Waals surface area contributed by atoms with Crippen molar-refractivity contribution in [1.29, 1.82) is 0 Å². The molecule has 2 N–H and O–H groups in total. The SMILES string of the molecule is CC(=O)OC(C)(C)C(F)CN. The summed E-state index contributed by atoms with van der Waals surface area (Å²) >= 11 is 0. The molecule has 0 radical (unpaired) electrons. The van der Waals surface area contributed by atoms with Crippen LogP contribution in [0.1, 0.15) is 20.8 Å². The molecular formula is C7H14FNO2. The molecule has 3 nitrogen and oxygen atoms in total. The number of carbonyl (C=O) groups excluding carboxylic acids is 1. The first-order valence-corrected chi connectivity index (χ1v) is 3.44. The summed E-state index contributed by atoms with van der Waals surface area (Å²) in [6.07, 6.45) is -1.31. The molecule has 1 unspecified atom stereocenters. The Morgan fingerprint density at radius 2 is 2.18 bits per heavy atom. The summed E-state index contributed by atoms with van der Waals surface area (Å²) in [7, 11) is 0. The summed E-state index contributed by atoms with van der Waals surface area (Å²) in [5.74, 6) is -0.494. The Hall–Kier alpha value is -0.640. The second kappa shape index (κ2) is 3.67. The Morgan fingerprint density at radius 3 is 2.45 bits per heavy atom. The average Bonchev–Trinajstić information content (AvgIpc) is 1.83. The number of ether oxygens (including phenoxy) is 1. The molecule has 11 heavy (non-hydrogen) atoms. The van der Waals surface area contributed by atoms with Crippen molar-refractivity contribution in [3.63, 3.8) is 0 Å². The van der Waals surface area contributed by atoms with Crippen LogP contribution in [0.2, 0.25) is 0 Å². The van der Waals surface area contributed by atoms with Gasteiger partial charge in [-0.1, -0.05) is 0 Å². The van der Waals surface area contributed by atoms with Gasteiger partial charge in [-0.3, -0.25) is 4.79 Å². The van der Waals surface area contributed by atoms with E-state index in [2.05, 4.69) is 0 Å². The van der Waals surface area contributed by atoms with Gasteiger partial charge in [0.05, 0.1) is 0 Å². The molecule has 0 aliphatic rings. The molecular weight excluding hydrogens is 149 g/mol. The highest BCUT2D eigenvalue weighted by Gasteiger charge is 2.31. The molecule has 0 aliphatic heterocycles. The number of hydrogen-bond donors (Lipinski definition) is 1. The molecule has 0 spiro atoms. The summed E-state index contributed by atoms with van der Waals surface area (Å²) in [6.45, 7) is 4.09. The normalized spacial score (nSPS) is 14.3. The van der Waals surface area contributed by atoms with E-state index in [1.54, 1.807) is 0 Å². The van der Waals surface area contributed by atoms with E-state index >= 15 is 0 Å². The summed E-state index contributed by atoms with van der Waals surface area (Å²) < 4.78 is 17.6. The van der Waals surface area contributed by atoms with Crippen LogP contribution in [-0.4, -0.2) is 24.3 Å². The fraction of sp³-hybridized carbons (Fsp3) is 0.857. The second-order valence-electron chi connectivity index (χ2n) is 2.90. The van der Waals surface area contributed by atoms with Gasteiger partial charge in [-0.2, -0.15) is 0 Å². The molecule has 0 aromatic carbocycles. The number of halogens is 1. The van der Waals surface area contributed by atoms with Gasteiger partial charge in [-0.15, -0.1) is 0 Å². The number of rotatable bonds is 3. The zero-order valence-electron chi connectivity index (χ0n) is 7.06. The molecule has 0 saturated carbocycles. The van der Waals surface area contributed by atoms with Gasteiger partial charge in [0.25, 0.3) is 0 Å². The van der Waals surface area contributed by atoms with Crippen LogP contribution >= 0.6 is 0 Å². The first kappa shape index (κ1) is 10.4. The van der Waals surface area contributed by atoms with Crippen molar-refractivity contribution in [2.24, 2.45) is 5.73 Å². The maximum Gasteiger partial charge on any atom is 0.303 e. The van der Waals surface area contributed by atoms with Crippen molar-refractivity contribution in [3.8, 4) is 0 Å². The molecule has 0 bridgehead atoms. The lowest BCUT2D eigenvalue weighted by Crippen LogP contribution is -2.42. The van der Waals surface area contributed by atoms with Crippen molar-refractivity contribution < 1.29 is 13.9 Å². The number of nitrogens with two attached hydrogens (primary N) is 1. The first-order chi connectivity index (χ1) is 4.90. The Morgan fingerprint density at radius 1 is 1.73 bits per heavy atom. The minimum Gasteiger partial charge on any atom is -0.457 e. The number of esters is 1. The maximum absolute atomic E-state index is 12.9. The average molecular weight is 163 g/mol. The van der Waals surface area contributed by atoms with Gasteiger partial charge >= 0.3 is 5.97 Å². The Kier molecular flexibility index (Phi) is 3.45. The lowest BCUT2D eigenvalue weighted by atomic mass is 10.0. The summed E-state index contributed by atoms with van der Waals surface area (Å²) in [6, 6.07) is 0. The van der Waals surface area contributed by atoms with E-state index in [1.165, 1.54) is 20.8 Å². The number of carbonyl (C=O) groups is 1. The molecule has 1 atom stereocenters. The van der Waals surface area contributed by atoms with Gasteiger partial charge in [-0.25, -0.2) is 4.39 Å². The van der Waals surface area contributed by atoms with E-state index in [1.807, 2.05) is 0 Å². The van der Waals surface area contributed by atoms with Crippen molar-refractivity contribution >= 4 is 5.97 Å². The minimum absolute atomic E-state index is 0.139. The molecule has 0 heterocycles. The van der Waals surface area contributed by atoms with Crippen LogP contribution in [0, 0.1) is 0 Å². The summed E-state index contributed by atoms with van der Waals surface area (Å²) in [5.41, 5.74) is 3.96. The fourth-order valence-electron chi connectivity index (χ4n) is 0.718. The van der Waals surface area contributed by atoms with Crippen LogP contribution in [0.4, 0.5) is 4.39 Å². The monoisotopic (exact) mass is 163 g/mol. The third-order valence-corrected chi connectivity index (χ3v) is 1.37. The van der Waals surface area contributed by atoms with Gasteiger partial charge in [-0.05, 0) is 13.8 Å². The van der Waals surface area contributed by atoms with Gasteiger partial charge in [0, 0.05) is 13.5 Å². The van der Waals surface area contributed by atoms with Crippen LogP contribution in [-0.2, 0) is 9.53 Å². The Bertz CT molecular complexity index is 147. The highest BCUT2D eigenvalue weighted by Crippen LogP contribution is 2.17. The van der Waals surface area contributed by atoms with E-state index in [0.29, 0.717) is 0 Å². The third kappa shape index (κ3) is 3.32. The summed E-state index contributed by atoms with van der Waals surface area (Å²) in [5, 5.41) is 0. The number of hydrogen-bond acceptors (Lipinski definition) is 3. The van der Waals surface area contributed by atoms with Crippen LogP contribution in [0.3, 0.4) is 0 Å². The quantitative estimate of drug-likeness (QED) is 0.621. The molecule has 0 aliphatic carbocycles. The molecule has 0 fully saturated rings. The topological polar surface area (TPSA) is 52.3 Å². The lowest BCUT2D eigenvalue weighted by molar-refractivity contribution is -0.159. The maximum atomic E-state index is 12.9. The van der Waals surface area contributed by atoms with Gasteiger partial charge in [0.2, 0.25) is 0 Å². The predicted molar refractivity (Wildman–Crippen MR) is 39.8 cm³/mol. The molecule has 66 valence electrons. The first-order valence-electron chi connectivity index (χ1n) is 3.44. The van der Waals surface area contributed by atoms with Crippen LogP contribution in [0.5, 0.6) is 0 Å². The highest BCUT2D eigenvalue weighted by atomic mass is 19.1. The molecule has 4 heteroatoms. The zero-order chi connectivity index (χ0) is 9.07. The predicted octanol–water partition coefficient (Wildman–Crippen LogP) is 0.625. The van der Waals surface area contributed by atoms with Crippen molar-refractivity contribution in [2.75, 3.05) is 6.54 Å². The molecule has 0 aromatic rings. The fourth-order valence-corrected chi connectivity index (χ4v) is 0.718. The summed E-state index contributed by atoms with van der Waals surface area (Å²) in [4.78, 5) is 10.5. The van der Waals surface area contributed by atoms with E-state index in [0.717, 1.165) is 0 Å². The standard InChI is InChI=1S/C7H14FNO2/c1-5(10)11-7(2,3)6(8)4-9/h6H,4,9H2,1-3H3. The van der Waals surface area contributed by atoms with E-state index < -0.39 is 17.7 Å². The second-order valence-corrected chi connectivity index (χ2v) is 2.90. The van der Waals surface area contributed by atoms with E-state index in [-0.39, 0.29) is 6.54 Å². The Balaban J connectivity index is 4.08. The molecule has 0 amide bonds. The van der Waals surface area contributed by atoms with Crippen LogP contribution in [0.15, 0.2) is 0 Å². The molecule has 0 saturated heterocycles. The third-order valence-electron chi connectivity index (χ3n) is 1.37. The zero-order valence-corrected chi connectivity index (χ0v) is 7.06. The van der Waals surface area contributed by atoms with Gasteiger partial charge in [0.1, 0.15) is 5.60 Å². The largest absolute Gasteiger partial charge is 0.457 e. The smallest absolute Gasteiger partial charge is 0.303 e. The highest BCUT2D eigenvalue weighted by molar-refractivity contribution is 5.66. The van der Waals surface area contributed by atoms with E-state index in [9.17, 15) is 9.18 Å². The van der Waals surface area contributed by atoms with Gasteiger partial charge < -0.3 is 10.5 Å². The van der Waals surface area contributed by atoms with E-state index in [4.69, 9.17) is 10.5 Å². The molecule has 0 rings (SSSR count).